The van der Waals surface area contributed by atoms with Gasteiger partial charge in [0.15, 0.2) is 13.2 Å². The van der Waals surface area contributed by atoms with Gasteiger partial charge in [-0.3, -0.25) is 28.8 Å². The van der Waals surface area contributed by atoms with Crippen LogP contribution in [0, 0.1) is 45.8 Å². The van der Waals surface area contributed by atoms with Gasteiger partial charge in [0.05, 0.1) is 60.4 Å². The summed E-state index contributed by atoms with van der Waals surface area (Å²) in [5.74, 6) is -4.91. The van der Waals surface area contributed by atoms with Crippen molar-refractivity contribution < 1.29 is 114 Å². The van der Waals surface area contributed by atoms with Crippen LogP contribution in [0.5, 0.6) is 0 Å². The highest BCUT2D eigenvalue weighted by Crippen LogP contribution is 2.55. The van der Waals surface area contributed by atoms with E-state index in [4.69, 9.17) is 42.6 Å². The SMILES string of the molecule is CCC(C)(C)C(=O)OC1C2CC3C(=O)OC1C3C2.CCC(C)(C)C(=O)OC1CCOC1=O.CCC(C)(C)C(=O)OCC(=O)OC1CCOC1=O.CCC(C)C(=O)OC1CCOC1=O.CCC(C)C(=O)OCC(=O)OC1CCOC1=O. The molecule has 7 aliphatic rings. The quantitative estimate of drug-likeness (QED) is 0.116. The van der Waals surface area contributed by atoms with Crippen molar-refractivity contribution in [1.82, 2.24) is 0 Å². The van der Waals surface area contributed by atoms with Gasteiger partial charge in [-0.25, -0.2) is 28.8 Å². The molecular weight excluding hydrogens is 1060 g/mol. The van der Waals surface area contributed by atoms with Gasteiger partial charge in [-0.1, -0.05) is 48.5 Å². The van der Waals surface area contributed by atoms with Gasteiger partial charge >= 0.3 is 71.6 Å². The minimum atomic E-state index is -0.865. The summed E-state index contributed by atoms with van der Waals surface area (Å²) >= 11 is 0. The van der Waals surface area contributed by atoms with Gasteiger partial charge in [-0.05, 0) is 86.5 Å². The van der Waals surface area contributed by atoms with E-state index in [-0.39, 0.29) is 67.1 Å². The van der Waals surface area contributed by atoms with Crippen LogP contribution in [0.4, 0.5) is 0 Å². The number of hydrogen-bond acceptors (Lipinski definition) is 24. The second kappa shape index (κ2) is 31.0. The van der Waals surface area contributed by atoms with Gasteiger partial charge in [0.1, 0.15) is 12.2 Å². The molecule has 11 atom stereocenters. The molecule has 0 amide bonds. The summed E-state index contributed by atoms with van der Waals surface area (Å²) in [6.07, 6.45) is 3.44. The van der Waals surface area contributed by atoms with Crippen LogP contribution in [0.15, 0.2) is 0 Å². The third-order valence-electron chi connectivity index (χ3n) is 15.3. The molecule has 5 aliphatic heterocycles. The van der Waals surface area contributed by atoms with Crippen LogP contribution in [0.1, 0.15) is 161 Å². The van der Waals surface area contributed by atoms with E-state index in [9.17, 15) is 57.5 Å². The molecule has 0 aromatic carbocycles. The number of esters is 12. The number of rotatable bonds is 19. The summed E-state index contributed by atoms with van der Waals surface area (Å²) in [5.41, 5.74) is -1.61. The monoisotopic (exact) mass is 1140 g/mol. The van der Waals surface area contributed by atoms with Crippen molar-refractivity contribution >= 4 is 71.6 Å². The molecule has 2 saturated carbocycles. The largest absolute Gasteiger partial charge is 0.463 e. The Morgan fingerprint density at radius 2 is 0.850 bits per heavy atom. The molecule has 0 aromatic rings. The molecule has 11 unspecified atom stereocenters. The fraction of sp³-hybridized carbons (Fsp3) is 0.786. The van der Waals surface area contributed by atoms with E-state index in [0.29, 0.717) is 70.0 Å². The molecule has 0 aromatic heterocycles. The summed E-state index contributed by atoms with van der Waals surface area (Å²) in [6, 6.07) is 0. The van der Waals surface area contributed by atoms with E-state index in [2.05, 4.69) is 14.2 Å². The van der Waals surface area contributed by atoms with Crippen LogP contribution in [-0.2, 0) is 114 Å². The maximum absolute atomic E-state index is 12.1. The number of fused-ring (bicyclic) bond motifs is 1. The number of ether oxygens (including phenoxy) is 12. The first-order valence-corrected chi connectivity index (χ1v) is 27.7. The fourth-order valence-corrected chi connectivity index (χ4v) is 7.97. The van der Waals surface area contributed by atoms with Crippen molar-refractivity contribution in [3.63, 3.8) is 0 Å². The molecule has 0 radical (unpaired) electrons. The van der Waals surface area contributed by atoms with Crippen LogP contribution < -0.4 is 0 Å². The van der Waals surface area contributed by atoms with Crippen molar-refractivity contribution in [3.05, 3.63) is 0 Å². The summed E-state index contributed by atoms with van der Waals surface area (Å²) < 4.78 is 58.9. The van der Waals surface area contributed by atoms with Crippen LogP contribution in [0.25, 0.3) is 0 Å². The third-order valence-corrected chi connectivity index (χ3v) is 15.3. The zero-order valence-corrected chi connectivity index (χ0v) is 48.7. The number of hydrogen-bond donors (Lipinski definition) is 0. The Morgan fingerprint density at radius 1 is 0.475 bits per heavy atom. The molecular formula is C56H84O24. The van der Waals surface area contributed by atoms with Crippen molar-refractivity contribution in [1.29, 1.82) is 0 Å². The number of carbonyl (C=O) groups excluding carboxylic acids is 12. The van der Waals surface area contributed by atoms with Gasteiger partial charge in [0.2, 0.25) is 24.4 Å². The first-order valence-electron chi connectivity index (χ1n) is 27.7. The molecule has 80 heavy (non-hydrogen) atoms. The first-order chi connectivity index (χ1) is 37.5. The molecule has 7 fully saturated rings. The topological polar surface area (TPSA) is 316 Å². The first kappa shape index (κ1) is 67.9. The third kappa shape index (κ3) is 19.7. The lowest BCUT2D eigenvalue weighted by Crippen LogP contribution is -2.39. The second-order valence-corrected chi connectivity index (χ2v) is 22.4. The Labute approximate surface area is 467 Å². The van der Waals surface area contributed by atoms with Crippen molar-refractivity contribution in [2.75, 3.05) is 39.6 Å². The smallest absolute Gasteiger partial charge is 0.347 e. The summed E-state index contributed by atoms with van der Waals surface area (Å²) in [7, 11) is 0. The zero-order chi connectivity index (χ0) is 60.3. The predicted molar refractivity (Wildman–Crippen MR) is 274 cm³/mol. The van der Waals surface area contributed by atoms with Crippen molar-refractivity contribution in [3.8, 4) is 0 Å². The van der Waals surface area contributed by atoms with Gasteiger partial charge in [-0.15, -0.1) is 0 Å². The maximum atomic E-state index is 12.1. The Bertz CT molecular complexity index is 2210. The van der Waals surface area contributed by atoms with Crippen LogP contribution in [0.3, 0.4) is 0 Å². The average Bonchev–Trinajstić information content (AvgIpc) is 4.33. The van der Waals surface area contributed by atoms with Crippen LogP contribution in [0.2, 0.25) is 0 Å². The van der Waals surface area contributed by atoms with E-state index in [1.165, 1.54) is 0 Å². The highest BCUT2D eigenvalue weighted by Gasteiger charge is 2.63. The van der Waals surface area contributed by atoms with Gasteiger partial charge in [-0.2, -0.15) is 0 Å². The van der Waals surface area contributed by atoms with E-state index in [0.717, 1.165) is 25.7 Å². The van der Waals surface area contributed by atoms with E-state index in [1.807, 2.05) is 48.5 Å². The summed E-state index contributed by atoms with van der Waals surface area (Å²) in [5, 5.41) is 0. The normalized spacial score (nSPS) is 25.7. The molecule has 5 saturated heterocycles. The molecule has 0 spiro atoms. The van der Waals surface area contributed by atoms with E-state index >= 15 is 0 Å². The van der Waals surface area contributed by atoms with Crippen LogP contribution in [-0.4, -0.2) is 148 Å². The highest BCUT2D eigenvalue weighted by molar-refractivity contribution is 5.85. The van der Waals surface area contributed by atoms with E-state index in [1.54, 1.807) is 41.5 Å². The second-order valence-electron chi connectivity index (χ2n) is 22.4. The van der Waals surface area contributed by atoms with Crippen molar-refractivity contribution in [2.24, 2.45) is 45.8 Å². The summed E-state index contributed by atoms with van der Waals surface area (Å²) in [6.45, 7) is 24.1. The minimum Gasteiger partial charge on any atom is -0.463 e. The Hall–Kier alpha value is -6.36. The van der Waals surface area contributed by atoms with Gasteiger partial charge in [0.25, 0.3) is 0 Å². The molecule has 452 valence electrons. The molecule has 2 aliphatic carbocycles. The summed E-state index contributed by atoms with van der Waals surface area (Å²) in [4.78, 5) is 136. The molecule has 24 nitrogen and oxygen atoms in total. The standard InChI is InChI=1S/C14H20O4.C12H18O6.C11H16O6.C10H16O4.C9H14O4/c1-4-14(2,3)13(16)18-10-7-5-8-9(6-7)12(15)17-11(8)10;1-4-12(2,3)11(15)17-7-9(13)18-8-5-6-16-10(8)14;1-3-7(2)10(13)16-6-9(12)17-8-4-5-15-11(8)14;1-4-10(2,3)9(12)14-7-5-6-13-8(7)11;1-3-6(2)8(10)13-7-4-5-12-9(7)11/h7-11H,4-6H2,1-3H3;8H,4-7H2,1-3H3;7-8H,3-6H2,1-2H3;7H,4-6H2,1-3H3;6-7H,3-5H2,1-2H3. The van der Waals surface area contributed by atoms with Gasteiger partial charge in [0, 0.05) is 37.5 Å². The lowest BCUT2D eigenvalue weighted by molar-refractivity contribution is -0.170. The lowest BCUT2D eigenvalue weighted by Gasteiger charge is -2.29. The number of cyclic esters (lactones) is 4. The molecule has 0 N–H and O–H groups in total. The predicted octanol–water partition coefficient (Wildman–Crippen LogP) is 5.35. The molecule has 7 rings (SSSR count). The zero-order valence-electron chi connectivity index (χ0n) is 48.7. The molecule has 24 heteroatoms. The van der Waals surface area contributed by atoms with Crippen LogP contribution >= 0.6 is 0 Å². The fourth-order valence-electron chi connectivity index (χ4n) is 7.97. The lowest BCUT2D eigenvalue weighted by atomic mass is 9.87. The minimum absolute atomic E-state index is 0.0779. The Morgan fingerprint density at radius 3 is 1.25 bits per heavy atom. The number of carbonyl (C=O) groups is 12. The Kier molecular flexibility index (Phi) is 26.3. The Balaban J connectivity index is 0.000000264. The maximum Gasteiger partial charge on any atom is 0.347 e. The van der Waals surface area contributed by atoms with E-state index < -0.39 is 102 Å². The van der Waals surface area contributed by atoms with Crippen molar-refractivity contribution in [2.45, 2.75) is 197 Å². The molecule has 2 bridgehead atoms. The molecule has 5 heterocycles. The van der Waals surface area contributed by atoms with Gasteiger partial charge < -0.3 is 56.8 Å². The highest BCUT2D eigenvalue weighted by atomic mass is 16.6. The average molecular weight is 1140 g/mol.